The lowest BCUT2D eigenvalue weighted by Crippen LogP contribution is -2.37. The minimum absolute atomic E-state index is 0.0623. The van der Waals surface area contributed by atoms with Gasteiger partial charge in [-0.05, 0) is 55.0 Å². The Morgan fingerprint density at radius 1 is 1.08 bits per heavy atom. The largest absolute Gasteiger partial charge is 0.378 e. The molecule has 6 heteroatoms. The lowest BCUT2D eigenvalue weighted by atomic mass is 10.1. The SMILES string of the molecule is CC(=O)N(CC(=O)Nc1ccc(N(C)C)cc1)c1ccc(Cl)cc1C. The first-order valence-electron chi connectivity index (χ1n) is 7.89. The van der Waals surface area contributed by atoms with Crippen molar-refractivity contribution in [3.63, 3.8) is 0 Å². The number of nitrogens with zero attached hydrogens (tertiary/aromatic N) is 2. The van der Waals surface area contributed by atoms with Crippen LogP contribution in [0.3, 0.4) is 0 Å². The van der Waals surface area contributed by atoms with Crippen LogP contribution in [-0.2, 0) is 9.59 Å². The summed E-state index contributed by atoms with van der Waals surface area (Å²) in [6.45, 7) is 3.23. The summed E-state index contributed by atoms with van der Waals surface area (Å²) in [5.74, 6) is -0.467. The number of benzene rings is 2. The molecular formula is C19H22ClN3O2. The smallest absolute Gasteiger partial charge is 0.244 e. The number of hydrogen-bond acceptors (Lipinski definition) is 3. The van der Waals surface area contributed by atoms with E-state index in [0.717, 1.165) is 11.3 Å². The van der Waals surface area contributed by atoms with Crippen LogP contribution in [0.25, 0.3) is 0 Å². The summed E-state index contributed by atoms with van der Waals surface area (Å²) in [6.07, 6.45) is 0. The minimum atomic E-state index is -0.262. The van der Waals surface area contributed by atoms with Crippen LogP contribution in [0.2, 0.25) is 5.02 Å². The average Bonchev–Trinajstić information content (AvgIpc) is 2.53. The zero-order valence-electron chi connectivity index (χ0n) is 14.8. The lowest BCUT2D eigenvalue weighted by molar-refractivity contribution is -0.120. The van der Waals surface area contributed by atoms with E-state index in [1.54, 1.807) is 18.2 Å². The molecule has 0 aromatic heterocycles. The molecule has 5 nitrogen and oxygen atoms in total. The van der Waals surface area contributed by atoms with Crippen LogP contribution in [0.5, 0.6) is 0 Å². The number of nitrogens with one attached hydrogen (secondary N) is 1. The van der Waals surface area contributed by atoms with Crippen molar-refractivity contribution in [3.8, 4) is 0 Å². The fourth-order valence-corrected chi connectivity index (χ4v) is 2.70. The van der Waals surface area contributed by atoms with Crippen molar-refractivity contribution in [2.75, 3.05) is 35.8 Å². The molecule has 0 bridgehead atoms. The van der Waals surface area contributed by atoms with Gasteiger partial charge in [-0.3, -0.25) is 9.59 Å². The highest BCUT2D eigenvalue weighted by atomic mass is 35.5. The molecule has 0 spiro atoms. The summed E-state index contributed by atoms with van der Waals surface area (Å²) in [5, 5.41) is 3.41. The van der Waals surface area contributed by atoms with Crippen LogP contribution in [0, 0.1) is 6.92 Å². The van der Waals surface area contributed by atoms with E-state index in [2.05, 4.69) is 5.32 Å². The molecule has 0 unspecified atom stereocenters. The highest BCUT2D eigenvalue weighted by Crippen LogP contribution is 2.24. The maximum atomic E-state index is 12.4. The van der Waals surface area contributed by atoms with Gasteiger partial charge in [0.15, 0.2) is 0 Å². The topological polar surface area (TPSA) is 52.7 Å². The molecule has 2 aromatic rings. The van der Waals surface area contributed by atoms with Crippen LogP contribution in [0.15, 0.2) is 42.5 Å². The molecule has 0 aliphatic carbocycles. The number of carbonyl (C=O) groups excluding carboxylic acids is 2. The van der Waals surface area contributed by atoms with Gasteiger partial charge in [-0.15, -0.1) is 0 Å². The Kier molecular flexibility index (Phi) is 6.04. The van der Waals surface area contributed by atoms with Gasteiger partial charge in [0.1, 0.15) is 6.54 Å². The van der Waals surface area contributed by atoms with E-state index in [0.29, 0.717) is 16.4 Å². The van der Waals surface area contributed by atoms with Gasteiger partial charge in [0.2, 0.25) is 11.8 Å². The number of halogens is 1. The number of hydrogen-bond donors (Lipinski definition) is 1. The predicted octanol–water partition coefficient (Wildman–Crippen LogP) is 3.71. The van der Waals surface area contributed by atoms with Crippen LogP contribution in [-0.4, -0.2) is 32.5 Å². The van der Waals surface area contributed by atoms with Crippen molar-refractivity contribution in [1.82, 2.24) is 0 Å². The number of rotatable bonds is 5. The third-order valence-electron chi connectivity index (χ3n) is 3.80. The lowest BCUT2D eigenvalue weighted by Gasteiger charge is -2.23. The van der Waals surface area contributed by atoms with E-state index in [-0.39, 0.29) is 18.4 Å². The molecule has 25 heavy (non-hydrogen) atoms. The Labute approximate surface area is 153 Å². The van der Waals surface area contributed by atoms with Crippen molar-refractivity contribution < 1.29 is 9.59 Å². The van der Waals surface area contributed by atoms with Gasteiger partial charge in [-0.25, -0.2) is 0 Å². The second-order valence-corrected chi connectivity index (χ2v) is 6.46. The first-order valence-corrected chi connectivity index (χ1v) is 8.27. The van der Waals surface area contributed by atoms with Crippen LogP contribution in [0.4, 0.5) is 17.1 Å². The molecule has 0 aliphatic rings. The Hall–Kier alpha value is -2.53. The summed E-state index contributed by atoms with van der Waals surface area (Å²) in [4.78, 5) is 27.8. The Morgan fingerprint density at radius 2 is 1.72 bits per heavy atom. The van der Waals surface area contributed by atoms with Gasteiger partial charge < -0.3 is 15.1 Å². The van der Waals surface area contributed by atoms with E-state index in [4.69, 9.17) is 11.6 Å². The van der Waals surface area contributed by atoms with Crippen LogP contribution in [0.1, 0.15) is 12.5 Å². The zero-order chi connectivity index (χ0) is 18.6. The molecule has 0 fully saturated rings. The molecule has 1 N–H and O–H groups in total. The van der Waals surface area contributed by atoms with E-state index >= 15 is 0 Å². The number of anilines is 3. The normalized spacial score (nSPS) is 10.3. The second kappa shape index (κ2) is 8.03. The molecule has 0 saturated carbocycles. The predicted molar refractivity (Wildman–Crippen MR) is 104 cm³/mol. The van der Waals surface area contributed by atoms with Gasteiger partial charge >= 0.3 is 0 Å². The van der Waals surface area contributed by atoms with Gasteiger partial charge in [0.05, 0.1) is 0 Å². The Balaban J connectivity index is 2.11. The van der Waals surface area contributed by atoms with Crippen molar-refractivity contribution in [3.05, 3.63) is 53.1 Å². The highest BCUT2D eigenvalue weighted by Gasteiger charge is 2.18. The molecular weight excluding hydrogens is 338 g/mol. The summed E-state index contributed by atoms with van der Waals surface area (Å²) in [7, 11) is 3.90. The first-order chi connectivity index (χ1) is 11.8. The number of aryl methyl sites for hydroxylation is 1. The molecule has 0 radical (unpaired) electrons. The quantitative estimate of drug-likeness (QED) is 0.885. The third kappa shape index (κ3) is 4.97. The van der Waals surface area contributed by atoms with Gasteiger partial charge in [-0.2, -0.15) is 0 Å². The van der Waals surface area contributed by atoms with E-state index in [9.17, 15) is 9.59 Å². The van der Waals surface area contributed by atoms with Crippen LogP contribution < -0.4 is 15.1 Å². The van der Waals surface area contributed by atoms with E-state index in [1.165, 1.54) is 11.8 Å². The van der Waals surface area contributed by atoms with Crippen molar-refractivity contribution in [1.29, 1.82) is 0 Å². The molecule has 0 heterocycles. The fraction of sp³-hybridized carbons (Fsp3) is 0.263. The van der Waals surface area contributed by atoms with Gasteiger partial charge in [0, 0.05) is 43.1 Å². The standard InChI is InChI=1S/C19H22ClN3O2/c1-13-11-15(20)5-10-18(13)23(14(2)24)12-19(25)21-16-6-8-17(9-7-16)22(3)4/h5-11H,12H2,1-4H3,(H,21,25). The second-order valence-electron chi connectivity index (χ2n) is 6.03. The van der Waals surface area contributed by atoms with Crippen molar-refractivity contribution >= 4 is 40.5 Å². The molecule has 132 valence electrons. The molecule has 0 saturated heterocycles. The summed E-state index contributed by atoms with van der Waals surface area (Å²) in [6, 6.07) is 12.7. The van der Waals surface area contributed by atoms with Gasteiger partial charge in [0.25, 0.3) is 0 Å². The molecule has 0 atom stereocenters. The van der Waals surface area contributed by atoms with Crippen molar-refractivity contribution in [2.24, 2.45) is 0 Å². The maximum Gasteiger partial charge on any atom is 0.244 e. The number of amides is 2. The molecule has 2 aromatic carbocycles. The zero-order valence-corrected chi connectivity index (χ0v) is 15.6. The third-order valence-corrected chi connectivity index (χ3v) is 4.03. The average molecular weight is 360 g/mol. The van der Waals surface area contributed by atoms with Crippen molar-refractivity contribution in [2.45, 2.75) is 13.8 Å². The first kappa shape index (κ1) is 18.8. The van der Waals surface area contributed by atoms with Crippen LogP contribution >= 0.6 is 11.6 Å². The molecule has 2 amide bonds. The Bertz CT molecular complexity index is 773. The Morgan fingerprint density at radius 3 is 2.24 bits per heavy atom. The molecule has 2 rings (SSSR count). The fourth-order valence-electron chi connectivity index (χ4n) is 2.47. The van der Waals surface area contributed by atoms with Gasteiger partial charge in [-0.1, -0.05) is 11.6 Å². The number of carbonyl (C=O) groups is 2. The summed E-state index contributed by atoms with van der Waals surface area (Å²) in [5.41, 5.74) is 3.24. The van der Waals surface area contributed by atoms with E-state index < -0.39 is 0 Å². The summed E-state index contributed by atoms with van der Waals surface area (Å²) < 4.78 is 0. The maximum absolute atomic E-state index is 12.4. The van der Waals surface area contributed by atoms with E-state index in [1.807, 2.05) is 50.2 Å². The highest BCUT2D eigenvalue weighted by molar-refractivity contribution is 6.30. The molecule has 0 aliphatic heterocycles. The monoisotopic (exact) mass is 359 g/mol. The minimum Gasteiger partial charge on any atom is -0.378 e. The summed E-state index contributed by atoms with van der Waals surface area (Å²) >= 11 is 5.96.